The van der Waals surface area contributed by atoms with Crippen molar-refractivity contribution < 1.29 is 0 Å². The number of unbranched alkanes of at least 4 members (excludes halogenated alkanes) is 2. The summed E-state index contributed by atoms with van der Waals surface area (Å²) in [6, 6.07) is 1.53. The summed E-state index contributed by atoms with van der Waals surface area (Å²) < 4.78 is 0. The Bertz CT molecular complexity index is 182. The van der Waals surface area contributed by atoms with Crippen LogP contribution in [0.5, 0.6) is 0 Å². The van der Waals surface area contributed by atoms with E-state index in [2.05, 4.69) is 31.0 Å². The van der Waals surface area contributed by atoms with Crippen molar-refractivity contribution >= 4 is 0 Å². The maximum Gasteiger partial charge on any atom is 0.0195 e. The predicted molar refractivity (Wildman–Crippen MR) is 76.5 cm³/mol. The highest BCUT2D eigenvalue weighted by atomic mass is 15.2. The number of likely N-dealkylation sites (tertiary alicyclic amines) is 1. The van der Waals surface area contributed by atoms with Crippen LogP contribution in [-0.2, 0) is 0 Å². The maximum atomic E-state index is 3.68. The molecule has 1 aliphatic heterocycles. The van der Waals surface area contributed by atoms with Gasteiger partial charge in [-0.05, 0) is 45.7 Å². The van der Waals surface area contributed by atoms with Gasteiger partial charge in [-0.15, -0.1) is 0 Å². The first kappa shape index (κ1) is 15.0. The molecule has 2 atom stereocenters. The Labute approximate surface area is 108 Å². The smallest absolute Gasteiger partial charge is 0.0195 e. The third-order valence-electron chi connectivity index (χ3n) is 3.98. The van der Waals surface area contributed by atoms with Crippen molar-refractivity contribution in [1.29, 1.82) is 0 Å². The molecule has 1 aliphatic rings. The summed E-state index contributed by atoms with van der Waals surface area (Å²) >= 11 is 0. The molecule has 0 radical (unpaired) electrons. The molecular weight excluding hydrogens is 208 g/mol. The summed E-state index contributed by atoms with van der Waals surface area (Å²) in [4.78, 5) is 2.70. The highest BCUT2D eigenvalue weighted by molar-refractivity contribution is 4.81. The highest BCUT2D eigenvalue weighted by Gasteiger charge is 2.22. The fourth-order valence-corrected chi connectivity index (χ4v) is 2.79. The minimum absolute atomic E-state index is 0.748. The minimum atomic E-state index is 0.748. The van der Waals surface area contributed by atoms with Gasteiger partial charge in [-0.2, -0.15) is 0 Å². The molecule has 2 nitrogen and oxygen atoms in total. The van der Waals surface area contributed by atoms with E-state index in [9.17, 15) is 0 Å². The zero-order valence-electron chi connectivity index (χ0n) is 12.2. The van der Waals surface area contributed by atoms with Crippen molar-refractivity contribution in [2.45, 2.75) is 77.8 Å². The van der Waals surface area contributed by atoms with Gasteiger partial charge in [-0.3, -0.25) is 4.90 Å². The Balaban J connectivity index is 2.22. The molecule has 0 aromatic carbocycles. The van der Waals surface area contributed by atoms with Crippen molar-refractivity contribution in [3.05, 3.63) is 0 Å². The van der Waals surface area contributed by atoms with E-state index in [1.54, 1.807) is 0 Å². The van der Waals surface area contributed by atoms with E-state index in [1.807, 2.05) is 0 Å². The molecule has 1 heterocycles. The zero-order chi connectivity index (χ0) is 12.5. The molecule has 0 saturated carbocycles. The van der Waals surface area contributed by atoms with Crippen molar-refractivity contribution in [2.24, 2.45) is 0 Å². The molecule has 0 aliphatic carbocycles. The second-order valence-electron chi connectivity index (χ2n) is 5.63. The molecule has 0 spiro atoms. The number of rotatable bonds is 8. The largest absolute Gasteiger partial charge is 0.313 e. The van der Waals surface area contributed by atoms with Crippen molar-refractivity contribution in [2.75, 3.05) is 19.6 Å². The molecular formula is C15H32N2. The van der Waals surface area contributed by atoms with E-state index in [0.717, 1.165) is 12.1 Å². The molecule has 0 amide bonds. The lowest BCUT2D eigenvalue weighted by Crippen LogP contribution is -2.48. The topological polar surface area (TPSA) is 15.3 Å². The maximum absolute atomic E-state index is 3.68. The Kier molecular flexibility index (Phi) is 7.87. The standard InChI is InChI=1S/C15H32N2/c1-4-6-7-9-14(3)17-12-8-10-15(13-17)16-11-5-2/h14-16H,4-13H2,1-3H3. The van der Waals surface area contributed by atoms with Crippen LogP contribution < -0.4 is 5.32 Å². The van der Waals surface area contributed by atoms with Crippen LogP contribution in [0.3, 0.4) is 0 Å². The summed E-state index contributed by atoms with van der Waals surface area (Å²) in [7, 11) is 0. The lowest BCUT2D eigenvalue weighted by Gasteiger charge is -2.37. The van der Waals surface area contributed by atoms with Gasteiger partial charge in [-0.1, -0.05) is 33.1 Å². The first-order valence-corrected chi connectivity index (χ1v) is 7.75. The zero-order valence-corrected chi connectivity index (χ0v) is 12.2. The van der Waals surface area contributed by atoms with Gasteiger partial charge in [0, 0.05) is 18.6 Å². The number of hydrogen-bond donors (Lipinski definition) is 1. The average molecular weight is 240 g/mol. The van der Waals surface area contributed by atoms with Crippen LogP contribution in [0.4, 0.5) is 0 Å². The predicted octanol–water partition coefficient (Wildman–Crippen LogP) is 3.42. The third kappa shape index (κ3) is 5.87. The van der Waals surface area contributed by atoms with E-state index in [-0.39, 0.29) is 0 Å². The van der Waals surface area contributed by atoms with Crippen LogP contribution in [-0.4, -0.2) is 36.6 Å². The van der Waals surface area contributed by atoms with Gasteiger partial charge in [0.1, 0.15) is 0 Å². The SMILES string of the molecule is CCCCCC(C)N1CCCC(NCCC)C1. The monoisotopic (exact) mass is 240 g/mol. The Morgan fingerprint density at radius 2 is 2.06 bits per heavy atom. The van der Waals surface area contributed by atoms with Crippen LogP contribution >= 0.6 is 0 Å². The second kappa shape index (κ2) is 8.93. The van der Waals surface area contributed by atoms with E-state index in [0.29, 0.717) is 0 Å². The fourth-order valence-electron chi connectivity index (χ4n) is 2.79. The molecule has 2 unspecified atom stereocenters. The van der Waals surface area contributed by atoms with Crippen molar-refractivity contribution in [1.82, 2.24) is 10.2 Å². The fraction of sp³-hybridized carbons (Fsp3) is 1.00. The van der Waals surface area contributed by atoms with Gasteiger partial charge in [-0.25, -0.2) is 0 Å². The molecule has 1 rings (SSSR count). The van der Waals surface area contributed by atoms with Crippen molar-refractivity contribution in [3.8, 4) is 0 Å². The van der Waals surface area contributed by atoms with Crippen LogP contribution in [0.1, 0.15) is 65.7 Å². The van der Waals surface area contributed by atoms with E-state index < -0.39 is 0 Å². The third-order valence-corrected chi connectivity index (χ3v) is 3.98. The van der Waals surface area contributed by atoms with E-state index >= 15 is 0 Å². The summed E-state index contributed by atoms with van der Waals surface area (Å²) in [5.41, 5.74) is 0. The normalized spacial score (nSPS) is 23.8. The molecule has 1 N–H and O–H groups in total. The van der Waals surface area contributed by atoms with Crippen LogP contribution in [0, 0.1) is 0 Å². The van der Waals surface area contributed by atoms with Crippen LogP contribution in [0.2, 0.25) is 0 Å². The van der Waals surface area contributed by atoms with E-state index in [1.165, 1.54) is 64.6 Å². The van der Waals surface area contributed by atoms with Crippen molar-refractivity contribution in [3.63, 3.8) is 0 Å². The summed E-state index contributed by atoms with van der Waals surface area (Å²) in [5.74, 6) is 0. The van der Waals surface area contributed by atoms with Gasteiger partial charge in [0.15, 0.2) is 0 Å². The molecule has 0 aromatic heterocycles. The first-order chi connectivity index (χ1) is 8.27. The summed E-state index contributed by atoms with van der Waals surface area (Å²) in [6.45, 7) is 10.7. The van der Waals surface area contributed by atoms with Gasteiger partial charge in [0.2, 0.25) is 0 Å². The van der Waals surface area contributed by atoms with E-state index in [4.69, 9.17) is 0 Å². The molecule has 0 aromatic rings. The molecule has 2 heteroatoms. The van der Waals surface area contributed by atoms with Gasteiger partial charge in [0.05, 0.1) is 0 Å². The Morgan fingerprint density at radius 3 is 2.76 bits per heavy atom. The number of nitrogens with zero attached hydrogens (tertiary/aromatic N) is 1. The quantitative estimate of drug-likeness (QED) is 0.654. The lowest BCUT2D eigenvalue weighted by molar-refractivity contribution is 0.138. The number of piperidine rings is 1. The molecule has 102 valence electrons. The molecule has 1 fully saturated rings. The second-order valence-corrected chi connectivity index (χ2v) is 5.63. The van der Waals surface area contributed by atoms with Gasteiger partial charge < -0.3 is 5.32 Å². The van der Waals surface area contributed by atoms with Gasteiger partial charge >= 0.3 is 0 Å². The van der Waals surface area contributed by atoms with Gasteiger partial charge in [0.25, 0.3) is 0 Å². The highest BCUT2D eigenvalue weighted by Crippen LogP contribution is 2.16. The Morgan fingerprint density at radius 1 is 1.24 bits per heavy atom. The van der Waals surface area contributed by atoms with Crippen LogP contribution in [0.25, 0.3) is 0 Å². The summed E-state index contributed by atoms with van der Waals surface area (Å²) in [6.07, 6.45) is 9.53. The average Bonchev–Trinajstić information content (AvgIpc) is 2.37. The summed E-state index contributed by atoms with van der Waals surface area (Å²) in [5, 5.41) is 3.68. The number of nitrogens with one attached hydrogen (secondary N) is 1. The lowest BCUT2D eigenvalue weighted by atomic mass is 10.0. The molecule has 1 saturated heterocycles. The molecule has 0 bridgehead atoms. The first-order valence-electron chi connectivity index (χ1n) is 7.75. The minimum Gasteiger partial charge on any atom is -0.313 e. The van der Waals surface area contributed by atoms with Crippen LogP contribution in [0.15, 0.2) is 0 Å². The molecule has 17 heavy (non-hydrogen) atoms. The number of hydrogen-bond acceptors (Lipinski definition) is 2. The Hall–Kier alpha value is -0.0800.